The zero-order chi connectivity index (χ0) is 13.9. The molecule has 0 aliphatic carbocycles. The molecule has 0 aliphatic heterocycles. The van der Waals surface area contributed by atoms with E-state index in [1.54, 1.807) is 0 Å². The minimum absolute atomic E-state index is 0.167. The van der Waals surface area contributed by atoms with Crippen LogP contribution < -0.4 is 0 Å². The fraction of sp³-hybridized carbons (Fsp3) is 0.167. The lowest BCUT2D eigenvalue weighted by molar-refractivity contribution is 1.10. The number of nitrogens with zero attached hydrogens (tertiary/aromatic N) is 1. The van der Waals surface area contributed by atoms with Crippen LogP contribution in [0.5, 0.6) is 0 Å². The quantitative estimate of drug-likeness (QED) is 0.607. The van der Waals surface area contributed by atoms with Crippen LogP contribution in [0.4, 0.5) is 0 Å². The number of hydrogen-bond acceptors (Lipinski definition) is 1. The first-order valence-corrected chi connectivity index (χ1v) is 7.30. The Hall–Kier alpha value is -1.86. The number of aromatic nitrogens is 1. The van der Waals surface area contributed by atoms with Crippen molar-refractivity contribution in [1.29, 1.82) is 0 Å². The standard InChI is InChI=1S/C18H16ClN/c1-2-13-8-10-14(11-9-13)17(19)16-7-3-5-15-6-4-12-20-18(15)16/h3-12,17H,2H2,1H3. The lowest BCUT2D eigenvalue weighted by Crippen LogP contribution is -1.96. The monoisotopic (exact) mass is 281 g/mol. The second kappa shape index (κ2) is 5.64. The smallest absolute Gasteiger partial charge is 0.0856 e. The molecule has 100 valence electrons. The first-order valence-electron chi connectivity index (χ1n) is 6.86. The highest BCUT2D eigenvalue weighted by Gasteiger charge is 2.14. The summed E-state index contributed by atoms with van der Waals surface area (Å²) in [6.07, 6.45) is 2.86. The number of benzene rings is 2. The number of pyridine rings is 1. The fourth-order valence-corrected chi connectivity index (χ4v) is 2.76. The minimum Gasteiger partial charge on any atom is -0.256 e. The summed E-state index contributed by atoms with van der Waals surface area (Å²) in [5, 5.41) is 0.959. The molecule has 0 fully saturated rings. The van der Waals surface area contributed by atoms with Crippen molar-refractivity contribution in [2.75, 3.05) is 0 Å². The van der Waals surface area contributed by atoms with Gasteiger partial charge in [0.05, 0.1) is 10.9 Å². The molecule has 0 bridgehead atoms. The molecule has 0 N–H and O–H groups in total. The number of fused-ring (bicyclic) bond motifs is 1. The van der Waals surface area contributed by atoms with Crippen molar-refractivity contribution < 1.29 is 0 Å². The van der Waals surface area contributed by atoms with Gasteiger partial charge in [0.1, 0.15) is 0 Å². The third-order valence-corrected chi connectivity index (χ3v) is 4.10. The number of halogens is 1. The van der Waals surface area contributed by atoms with Crippen molar-refractivity contribution in [2.45, 2.75) is 18.7 Å². The molecule has 0 saturated heterocycles. The number of hydrogen-bond donors (Lipinski definition) is 0. The van der Waals surface area contributed by atoms with Crippen molar-refractivity contribution >= 4 is 22.5 Å². The third kappa shape index (κ3) is 2.41. The van der Waals surface area contributed by atoms with Gasteiger partial charge < -0.3 is 0 Å². The van der Waals surface area contributed by atoms with Crippen LogP contribution in [0.15, 0.2) is 60.8 Å². The van der Waals surface area contributed by atoms with Crippen molar-refractivity contribution in [3.05, 3.63) is 77.5 Å². The van der Waals surface area contributed by atoms with Crippen molar-refractivity contribution in [3.63, 3.8) is 0 Å². The molecule has 1 aromatic heterocycles. The zero-order valence-corrected chi connectivity index (χ0v) is 12.1. The lowest BCUT2D eigenvalue weighted by atomic mass is 10.00. The Labute approximate surface area is 124 Å². The van der Waals surface area contributed by atoms with E-state index >= 15 is 0 Å². The summed E-state index contributed by atoms with van der Waals surface area (Å²) in [6.45, 7) is 2.15. The summed E-state index contributed by atoms with van der Waals surface area (Å²) in [4.78, 5) is 4.48. The fourth-order valence-electron chi connectivity index (χ4n) is 2.43. The largest absolute Gasteiger partial charge is 0.256 e. The highest BCUT2D eigenvalue weighted by molar-refractivity contribution is 6.23. The summed E-state index contributed by atoms with van der Waals surface area (Å²) >= 11 is 6.67. The average Bonchev–Trinajstić information content (AvgIpc) is 2.54. The van der Waals surface area contributed by atoms with E-state index in [0.717, 1.165) is 28.5 Å². The van der Waals surface area contributed by atoms with Gasteiger partial charge in [-0.2, -0.15) is 0 Å². The van der Waals surface area contributed by atoms with Gasteiger partial charge in [-0.15, -0.1) is 11.6 Å². The molecule has 3 rings (SSSR count). The molecule has 2 heteroatoms. The molecule has 0 amide bonds. The molecular weight excluding hydrogens is 266 g/mol. The molecule has 3 aromatic rings. The first kappa shape index (κ1) is 13.1. The Morgan fingerprint density at radius 1 is 1.00 bits per heavy atom. The highest BCUT2D eigenvalue weighted by Crippen LogP contribution is 2.32. The average molecular weight is 282 g/mol. The topological polar surface area (TPSA) is 12.9 Å². The van der Waals surface area contributed by atoms with Gasteiger partial charge in [-0.05, 0) is 23.6 Å². The molecule has 0 radical (unpaired) electrons. The van der Waals surface area contributed by atoms with Crippen LogP contribution in [0.2, 0.25) is 0 Å². The normalized spacial score (nSPS) is 12.5. The van der Waals surface area contributed by atoms with E-state index in [2.05, 4.69) is 54.4 Å². The van der Waals surface area contributed by atoms with E-state index in [1.165, 1.54) is 5.56 Å². The van der Waals surface area contributed by atoms with Gasteiger partial charge in [-0.25, -0.2) is 0 Å². The zero-order valence-electron chi connectivity index (χ0n) is 11.4. The maximum Gasteiger partial charge on any atom is 0.0856 e. The van der Waals surface area contributed by atoms with Gasteiger partial charge >= 0.3 is 0 Å². The van der Waals surface area contributed by atoms with Gasteiger partial charge in [0, 0.05) is 17.1 Å². The van der Waals surface area contributed by atoms with Crippen molar-refractivity contribution in [3.8, 4) is 0 Å². The molecule has 20 heavy (non-hydrogen) atoms. The summed E-state index contributed by atoms with van der Waals surface area (Å²) in [6, 6.07) is 18.7. The maximum absolute atomic E-state index is 6.67. The Morgan fingerprint density at radius 2 is 1.75 bits per heavy atom. The SMILES string of the molecule is CCc1ccc(C(Cl)c2cccc3cccnc23)cc1. The van der Waals surface area contributed by atoms with E-state index in [9.17, 15) is 0 Å². The van der Waals surface area contributed by atoms with Gasteiger partial charge in [0.25, 0.3) is 0 Å². The van der Waals surface area contributed by atoms with Gasteiger partial charge in [-0.3, -0.25) is 4.98 Å². The van der Waals surface area contributed by atoms with Gasteiger partial charge in [0.2, 0.25) is 0 Å². The summed E-state index contributed by atoms with van der Waals surface area (Å²) in [5.74, 6) is 0. The van der Waals surface area contributed by atoms with Gasteiger partial charge in [-0.1, -0.05) is 55.5 Å². The number of aryl methyl sites for hydroxylation is 1. The molecule has 1 nitrogen and oxygen atoms in total. The van der Waals surface area contributed by atoms with E-state index < -0.39 is 0 Å². The first-order chi connectivity index (χ1) is 9.79. The summed E-state index contributed by atoms with van der Waals surface area (Å²) in [5.41, 5.74) is 4.49. The van der Waals surface area contributed by atoms with Crippen molar-refractivity contribution in [1.82, 2.24) is 4.98 Å². The second-order valence-corrected chi connectivity index (χ2v) is 5.32. The lowest BCUT2D eigenvalue weighted by Gasteiger charge is -2.13. The Balaban J connectivity index is 2.05. The van der Waals surface area contributed by atoms with Crippen LogP contribution in [0.1, 0.15) is 29.0 Å². The van der Waals surface area contributed by atoms with E-state index in [0.29, 0.717) is 0 Å². The Kier molecular flexibility index (Phi) is 3.70. The van der Waals surface area contributed by atoms with Crippen LogP contribution in [0.3, 0.4) is 0 Å². The Bertz CT molecular complexity index is 714. The number of para-hydroxylation sites is 1. The Morgan fingerprint density at radius 3 is 2.50 bits per heavy atom. The maximum atomic E-state index is 6.67. The third-order valence-electron chi connectivity index (χ3n) is 3.62. The van der Waals surface area contributed by atoms with Gasteiger partial charge in [0.15, 0.2) is 0 Å². The summed E-state index contributed by atoms with van der Waals surface area (Å²) in [7, 11) is 0. The molecule has 0 aliphatic rings. The van der Waals surface area contributed by atoms with E-state index in [4.69, 9.17) is 11.6 Å². The van der Waals surface area contributed by atoms with E-state index in [1.807, 2.05) is 18.3 Å². The van der Waals surface area contributed by atoms with Crippen LogP contribution in [-0.4, -0.2) is 4.98 Å². The highest BCUT2D eigenvalue weighted by atomic mass is 35.5. The predicted molar refractivity (Wildman–Crippen MR) is 85.3 cm³/mol. The van der Waals surface area contributed by atoms with Crippen LogP contribution >= 0.6 is 11.6 Å². The van der Waals surface area contributed by atoms with E-state index in [-0.39, 0.29) is 5.38 Å². The van der Waals surface area contributed by atoms with Crippen LogP contribution in [-0.2, 0) is 6.42 Å². The molecule has 0 spiro atoms. The number of alkyl halides is 1. The summed E-state index contributed by atoms with van der Waals surface area (Å²) < 4.78 is 0. The number of rotatable bonds is 3. The molecule has 2 aromatic carbocycles. The molecule has 1 unspecified atom stereocenters. The second-order valence-electron chi connectivity index (χ2n) is 4.88. The molecule has 1 atom stereocenters. The van der Waals surface area contributed by atoms with Crippen molar-refractivity contribution in [2.24, 2.45) is 0 Å². The molecular formula is C18H16ClN. The van der Waals surface area contributed by atoms with Crippen LogP contribution in [0, 0.1) is 0 Å². The minimum atomic E-state index is -0.167. The molecule has 0 saturated carbocycles. The van der Waals surface area contributed by atoms with Crippen LogP contribution in [0.25, 0.3) is 10.9 Å². The molecule has 1 heterocycles. The predicted octanol–water partition coefficient (Wildman–Crippen LogP) is 5.13.